The van der Waals surface area contributed by atoms with Crippen LogP contribution in [0.2, 0.25) is 0 Å². The summed E-state index contributed by atoms with van der Waals surface area (Å²) in [6.07, 6.45) is 21.6. The minimum atomic E-state index is -4.35. The number of phosphoric acid groups is 1. The van der Waals surface area contributed by atoms with Crippen molar-refractivity contribution in [2.45, 2.75) is 155 Å². The predicted molar refractivity (Wildman–Crippen MR) is 174 cm³/mol. The Balaban J connectivity index is 4.49. The van der Waals surface area contributed by atoms with Gasteiger partial charge in [-0.2, -0.15) is 0 Å². The van der Waals surface area contributed by atoms with Crippen molar-refractivity contribution >= 4 is 19.8 Å². The fourth-order valence-corrected chi connectivity index (χ4v) is 5.34. The molecule has 0 aliphatic heterocycles. The summed E-state index contributed by atoms with van der Waals surface area (Å²) >= 11 is 0. The number of hydrogen-bond donors (Lipinski definition) is 1. The summed E-state index contributed by atoms with van der Waals surface area (Å²) in [4.78, 5) is 34.9. The van der Waals surface area contributed by atoms with E-state index < -0.39 is 26.5 Å². The van der Waals surface area contributed by atoms with Gasteiger partial charge >= 0.3 is 19.8 Å². The van der Waals surface area contributed by atoms with Crippen LogP contribution < -0.4 is 0 Å². The van der Waals surface area contributed by atoms with E-state index in [1.165, 1.54) is 83.5 Å². The highest BCUT2D eigenvalue weighted by Crippen LogP contribution is 2.43. The lowest BCUT2D eigenvalue weighted by Crippen LogP contribution is -2.37. The Labute approximate surface area is 264 Å². The molecule has 2 atom stereocenters. The average Bonchev–Trinajstić information content (AvgIpc) is 2.93. The Hall–Kier alpha value is -0.990. The number of phosphoric ester groups is 1. The number of hydrogen-bond acceptors (Lipinski definition) is 7. The van der Waals surface area contributed by atoms with E-state index in [2.05, 4.69) is 13.8 Å². The highest BCUT2D eigenvalue weighted by atomic mass is 31.2. The zero-order valence-corrected chi connectivity index (χ0v) is 29.3. The Morgan fingerprint density at radius 1 is 0.628 bits per heavy atom. The van der Waals surface area contributed by atoms with Crippen molar-refractivity contribution in [1.29, 1.82) is 0 Å². The van der Waals surface area contributed by atoms with E-state index in [9.17, 15) is 19.0 Å². The lowest BCUT2D eigenvalue weighted by molar-refractivity contribution is -0.870. The molecule has 1 N–H and O–H groups in total. The Morgan fingerprint density at radius 3 is 1.49 bits per heavy atom. The molecule has 0 aliphatic carbocycles. The molecule has 0 radical (unpaired) electrons. The molecule has 0 bridgehead atoms. The molecule has 10 heteroatoms. The van der Waals surface area contributed by atoms with Crippen molar-refractivity contribution in [2.24, 2.45) is 0 Å². The van der Waals surface area contributed by atoms with Gasteiger partial charge in [0.05, 0.1) is 27.7 Å². The van der Waals surface area contributed by atoms with Gasteiger partial charge in [0.1, 0.15) is 19.8 Å². The zero-order chi connectivity index (χ0) is 32.2. The van der Waals surface area contributed by atoms with Gasteiger partial charge in [0.15, 0.2) is 6.10 Å². The predicted octanol–water partition coefficient (Wildman–Crippen LogP) is 8.51. The van der Waals surface area contributed by atoms with Crippen molar-refractivity contribution in [3.05, 3.63) is 0 Å². The van der Waals surface area contributed by atoms with Crippen LogP contribution in [0.25, 0.3) is 0 Å². The van der Waals surface area contributed by atoms with Crippen molar-refractivity contribution in [3.63, 3.8) is 0 Å². The molecule has 9 nitrogen and oxygen atoms in total. The van der Waals surface area contributed by atoms with Crippen LogP contribution in [0, 0.1) is 0 Å². The van der Waals surface area contributed by atoms with Crippen molar-refractivity contribution in [3.8, 4) is 0 Å². The fourth-order valence-electron chi connectivity index (χ4n) is 4.60. The third kappa shape index (κ3) is 30.8. The van der Waals surface area contributed by atoms with E-state index in [1.807, 2.05) is 21.1 Å². The van der Waals surface area contributed by atoms with Crippen molar-refractivity contribution < 1.29 is 42.1 Å². The van der Waals surface area contributed by atoms with Gasteiger partial charge in [-0.3, -0.25) is 18.6 Å². The van der Waals surface area contributed by atoms with Crippen LogP contribution in [0.4, 0.5) is 0 Å². The van der Waals surface area contributed by atoms with Crippen LogP contribution in [0.15, 0.2) is 0 Å². The van der Waals surface area contributed by atoms with Gasteiger partial charge < -0.3 is 18.9 Å². The molecule has 0 fully saturated rings. The quantitative estimate of drug-likeness (QED) is 0.0349. The monoisotopic (exact) mass is 636 g/mol. The van der Waals surface area contributed by atoms with Gasteiger partial charge in [-0.1, -0.05) is 123 Å². The van der Waals surface area contributed by atoms with Crippen LogP contribution in [0.5, 0.6) is 0 Å². The second-order valence-electron chi connectivity index (χ2n) is 12.9. The summed E-state index contributed by atoms with van der Waals surface area (Å²) in [7, 11) is 1.48. The topological polar surface area (TPSA) is 108 Å². The summed E-state index contributed by atoms with van der Waals surface area (Å²) in [6, 6.07) is 0. The molecule has 43 heavy (non-hydrogen) atoms. The summed E-state index contributed by atoms with van der Waals surface area (Å²) in [5.74, 6) is -0.799. The minimum Gasteiger partial charge on any atom is -0.462 e. The summed E-state index contributed by atoms with van der Waals surface area (Å²) in [5.41, 5.74) is 0. The lowest BCUT2D eigenvalue weighted by Gasteiger charge is -2.24. The number of ether oxygens (including phenoxy) is 2. The van der Waals surface area contributed by atoms with Gasteiger partial charge in [-0.25, -0.2) is 4.57 Å². The van der Waals surface area contributed by atoms with Crippen LogP contribution in [-0.2, 0) is 32.7 Å². The number of likely N-dealkylation sites (N-methyl/N-ethyl adjacent to an activating group) is 1. The normalized spacial score (nSPS) is 13.9. The molecule has 256 valence electrons. The molecule has 0 aromatic carbocycles. The number of rotatable bonds is 31. The molecule has 0 heterocycles. The molecule has 0 aromatic rings. The smallest absolute Gasteiger partial charge is 0.462 e. The highest BCUT2D eigenvalue weighted by Gasteiger charge is 2.27. The Morgan fingerprint density at radius 2 is 1.05 bits per heavy atom. The second-order valence-corrected chi connectivity index (χ2v) is 14.4. The number of quaternary nitrogens is 1. The minimum absolute atomic E-state index is 0.0359. The van der Waals surface area contributed by atoms with E-state index in [4.69, 9.17) is 18.5 Å². The van der Waals surface area contributed by atoms with E-state index >= 15 is 0 Å². The number of esters is 2. The maximum atomic E-state index is 12.5. The van der Waals surface area contributed by atoms with Crippen LogP contribution in [0.1, 0.15) is 149 Å². The number of carbonyl (C=O) groups excluding carboxylic acids is 2. The molecule has 1 unspecified atom stereocenters. The van der Waals surface area contributed by atoms with Crippen LogP contribution >= 0.6 is 7.82 Å². The summed E-state index contributed by atoms with van der Waals surface area (Å²) < 4.78 is 34.0. The SMILES string of the molecule is CCCCCCCCCCCCC(=O)OC[C@@H](COP(=O)(O)OCC[N+](C)(C)C)OC(=O)CCCCCCCCCCC. The number of unbranched alkanes of at least 4 members (excludes halogenated alkanes) is 17. The molecule has 0 saturated carbocycles. The largest absolute Gasteiger partial charge is 0.472 e. The van der Waals surface area contributed by atoms with Gasteiger partial charge in [-0.05, 0) is 12.8 Å². The number of nitrogens with zero attached hydrogens (tertiary/aromatic N) is 1. The van der Waals surface area contributed by atoms with E-state index in [0.717, 1.165) is 32.1 Å². The van der Waals surface area contributed by atoms with Crippen molar-refractivity contribution in [2.75, 3.05) is 47.5 Å². The first-order valence-corrected chi connectivity index (χ1v) is 18.8. The standard InChI is InChI=1S/C33H66NO8P/c1-6-8-10-12-14-16-18-19-21-23-25-32(35)39-29-31(30-41-43(37,38)40-28-27-34(3,4)5)42-33(36)26-24-22-20-17-15-13-11-9-7-2/h31H,6-30H2,1-5H3/p+1/t31-/m0/s1. The fraction of sp³-hybridized carbons (Fsp3) is 0.939. The third-order valence-electron chi connectivity index (χ3n) is 7.39. The third-order valence-corrected chi connectivity index (χ3v) is 8.37. The molecular formula is C33H67NO8P+. The molecule has 0 rings (SSSR count). The molecule has 0 aliphatic rings. The average molecular weight is 637 g/mol. The molecule has 0 aromatic heterocycles. The van der Waals surface area contributed by atoms with Gasteiger partial charge in [0, 0.05) is 12.8 Å². The van der Waals surface area contributed by atoms with Gasteiger partial charge in [0.2, 0.25) is 0 Å². The number of carbonyl (C=O) groups is 2. The lowest BCUT2D eigenvalue weighted by atomic mass is 10.1. The maximum absolute atomic E-state index is 12.5. The molecular weight excluding hydrogens is 569 g/mol. The molecule has 0 saturated heterocycles. The van der Waals surface area contributed by atoms with Gasteiger partial charge in [-0.15, -0.1) is 0 Å². The van der Waals surface area contributed by atoms with Crippen LogP contribution in [0.3, 0.4) is 0 Å². The van der Waals surface area contributed by atoms with Gasteiger partial charge in [0.25, 0.3) is 0 Å². The Bertz CT molecular complexity index is 728. The molecule has 0 amide bonds. The summed E-state index contributed by atoms with van der Waals surface area (Å²) in [6.45, 7) is 4.37. The van der Waals surface area contributed by atoms with Crippen molar-refractivity contribution in [1.82, 2.24) is 0 Å². The first-order chi connectivity index (χ1) is 20.5. The maximum Gasteiger partial charge on any atom is 0.472 e. The van der Waals surface area contributed by atoms with E-state index in [0.29, 0.717) is 23.9 Å². The summed E-state index contributed by atoms with van der Waals surface area (Å²) in [5, 5.41) is 0. The molecule has 0 spiro atoms. The first-order valence-electron chi connectivity index (χ1n) is 17.3. The first kappa shape index (κ1) is 42.0. The Kier molecular flexibility index (Phi) is 26.7. The highest BCUT2D eigenvalue weighted by molar-refractivity contribution is 7.47. The second kappa shape index (κ2) is 27.3. The van der Waals surface area contributed by atoms with E-state index in [-0.39, 0.29) is 25.6 Å². The van der Waals surface area contributed by atoms with Crippen LogP contribution in [-0.4, -0.2) is 74.9 Å². The zero-order valence-electron chi connectivity index (χ0n) is 28.5. The van der Waals surface area contributed by atoms with E-state index in [1.54, 1.807) is 0 Å².